The predicted molar refractivity (Wildman–Crippen MR) is 106 cm³/mol. The second-order valence-electron chi connectivity index (χ2n) is 6.38. The van der Waals surface area contributed by atoms with Gasteiger partial charge in [0, 0.05) is 45.1 Å². The van der Waals surface area contributed by atoms with Crippen LogP contribution in [0, 0.1) is 0 Å². The molecule has 0 saturated carbocycles. The summed E-state index contributed by atoms with van der Waals surface area (Å²) in [6, 6.07) is 7.66. The quantitative estimate of drug-likeness (QED) is 0.806. The Morgan fingerprint density at radius 1 is 1.19 bits per heavy atom. The molecule has 0 atom stereocenters. The highest BCUT2D eigenvalue weighted by Crippen LogP contribution is 2.15. The monoisotopic (exact) mass is 369 g/mol. The largest absolute Gasteiger partial charge is 0.378 e. The third-order valence-corrected chi connectivity index (χ3v) is 4.70. The van der Waals surface area contributed by atoms with Gasteiger partial charge in [0.25, 0.3) is 5.91 Å². The van der Waals surface area contributed by atoms with Gasteiger partial charge in [0.2, 0.25) is 0 Å². The lowest BCUT2D eigenvalue weighted by atomic mass is 10.2. The van der Waals surface area contributed by atoms with E-state index >= 15 is 0 Å². The third-order valence-electron chi connectivity index (χ3n) is 4.70. The molecule has 7 heteroatoms. The Kier molecular flexibility index (Phi) is 6.59. The summed E-state index contributed by atoms with van der Waals surface area (Å²) in [5.74, 6) is 1.69. The summed E-state index contributed by atoms with van der Waals surface area (Å²) in [5.41, 5.74) is 1.58. The molecule has 3 rings (SSSR count). The van der Waals surface area contributed by atoms with Crippen LogP contribution in [0.15, 0.2) is 36.7 Å². The first kappa shape index (κ1) is 19.1. The molecule has 0 radical (unpaired) electrons. The third kappa shape index (κ3) is 4.95. The number of carbonyl (C=O) groups excluding carboxylic acids is 1. The molecular weight excluding hydrogens is 342 g/mol. The van der Waals surface area contributed by atoms with Crippen molar-refractivity contribution >= 4 is 17.5 Å². The summed E-state index contributed by atoms with van der Waals surface area (Å²) in [6.45, 7) is 9.54. The maximum atomic E-state index is 12.4. The van der Waals surface area contributed by atoms with Gasteiger partial charge in [-0.15, -0.1) is 0 Å². The van der Waals surface area contributed by atoms with E-state index in [1.165, 1.54) is 0 Å². The van der Waals surface area contributed by atoms with Gasteiger partial charge in [-0.05, 0) is 43.7 Å². The summed E-state index contributed by atoms with van der Waals surface area (Å²) in [5, 5.41) is 2.96. The maximum absolute atomic E-state index is 12.4. The first-order chi connectivity index (χ1) is 13.2. The van der Waals surface area contributed by atoms with Crippen molar-refractivity contribution in [1.29, 1.82) is 0 Å². The number of hydrogen-bond donors (Lipinski definition) is 1. The number of pyridine rings is 2. The van der Waals surface area contributed by atoms with Crippen molar-refractivity contribution in [2.24, 2.45) is 0 Å². The van der Waals surface area contributed by atoms with Crippen LogP contribution in [0.5, 0.6) is 0 Å². The molecule has 2 aromatic rings. The lowest BCUT2D eigenvalue weighted by Crippen LogP contribution is -2.36. The van der Waals surface area contributed by atoms with Crippen molar-refractivity contribution in [1.82, 2.24) is 15.3 Å². The molecule has 27 heavy (non-hydrogen) atoms. The average molecular weight is 369 g/mol. The second-order valence-corrected chi connectivity index (χ2v) is 6.38. The molecule has 7 nitrogen and oxygen atoms in total. The summed E-state index contributed by atoms with van der Waals surface area (Å²) in [7, 11) is 0. The smallest absolute Gasteiger partial charge is 0.253 e. The zero-order chi connectivity index (χ0) is 19.1. The fourth-order valence-corrected chi connectivity index (χ4v) is 3.08. The number of aromatic nitrogens is 2. The molecule has 0 bridgehead atoms. The molecule has 0 aromatic carbocycles. The fourth-order valence-electron chi connectivity index (χ4n) is 3.08. The molecule has 1 saturated heterocycles. The van der Waals surface area contributed by atoms with Crippen LogP contribution in [0.1, 0.15) is 29.8 Å². The number of hydrogen-bond acceptors (Lipinski definition) is 6. The fraction of sp³-hybridized carbons (Fsp3) is 0.450. The lowest BCUT2D eigenvalue weighted by Gasteiger charge is -2.28. The Labute approximate surface area is 160 Å². The molecule has 1 aliphatic heterocycles. The molecule has 0 aliphatic carbocycles. The van der Waals surface area contributed by atoms with Crippen LogP contribution >= 0.6 is 0 Å². The minimum absolute atomic E-state index is 0.127. The Morgan fingerprint density at radius 3 is 2.63 bits per heavy atom. The van der Waals surface area contributed by atoms with Crippen LogP contribution in [-0.2, 0) is 11.3 Å². The molecule has 1 aliphatic rings. The summed E-state index contributed by atoms with van der Waals surface area (Å²) < 4.78 is 5.38. The number of ether oxygens (including phenoxy) is 1. The van der Waals surface area contributed by atoms with E-state index in [1.807, 2.05) is 24.3 Å². The highest BCUT2D eigenvalue weighted by atomic mass is 16.5. The Morgan fingerprint density at radius 2 is 1.96 bits per heavy atom. The maximum Gasteiger partial charge on any atom is 0.253 e. The zero-order valence-electron chi connectivity index (χ0n) is 16.0. The highest BCUT2D eigenvalue weighted by molar-refractivity contribution is 5.94. The van der Waals surface area contributed by atoms with Crippen molar-refractivity contribution in [2.75, 3.05) is 49.2 Å². The predicted octanol–water partition coefficient (Wildman–Crippen LogP) is 2.09. The van der Waals surface area contributed by atoms with Gasteiger partial charge in [0.15, 0.2) is 0 Å². The highest BCUT2D eigenvalue weighted by Gasteiger charge is 2.13. The first-order valence-electron chi connectivity index (χ1n) is 9.48. The molecule has 0 spiro atoms. The minimum atomic E-state index is -0.127. The number of nitrogens with one attached hydrogen (secondary N) is 1. The van der Waals surface area contributed by atoms with E-state index in [1.54, 1.807) is 12.4 Å². The van der Waals surface area contributed by atoms with Gasteiger partial charge in [-0.3, -0.25) is 4.79 Å². The van der Waals surface area contributed by atoms with E-state index < -0.39 is 0 Å². The van der Waals surface area contributed by atoms with Gasteiger partial charge in [-0.25, -0.2) is 9.97 Å². The van der Waals surface area contributed by atoms with Crippen LogP contribution in [0.2, 0.25) is 0 Å². The molecule has 1 N–H and O–H groups in total. The van der Waals surface area contributed by atoms with Gasteiger partial charge in [-0.1, -0.05) is 0 Å². The summed E-state index contributed by atoms with van der Waals surface area (Å²) in [4.78, 5) is 25.6. The van der Waals surface area contributed by atoms with Gasteiger partial charge in [-0.2, -0.15) is 0 Å². The van der Waals surface area contributed by atoms with Crippen molar-refractivity contribution in [3.05, 3.63) is 47.8 Å². The first-order valence-corrected chi connectivity index (χ1v) is 9.48. The summed E-state index contributed by atoms with van der Waals surface area (Å²) >= 11 is 0. The van der Waals surface area contributed by atoms with Gasteiger partial charge >= 0.3 is 0 Å². The van der Waals surface area contributed by atoms with Gasteiger partial charge in [0.1, 0.15) is 11.6 Å². The number of nitrogens with zero attached hydrogens (tertiary/aromatic N) is 4. The van der Waals surface area contributed by atoms with Crippen LogP contribution in [0.25, 0.3) is 0 Å². The second kappa shape index (κ2) is 9.32. The Balaban J connectivity index is 1.59. The van der Waals surface area contributed by atoms with Gasteiger partial charge < -0.3 is 19.9 Å². The number of amides is 1. The van der Waals surface area contributed by atoms with E-state index in [-0.39, 0.29) is 5.91 Å². The van der Waals surface area contributed by atoms with E-state index in [4.69, 9.17) is 4.74 Å². The molecular formula is C20H27N5O2. The minimum Gasteiger partial charge on any atom is -0.378 e. The van der Waals surface area contributed by atoms with Crippen LogP contribution < -0.4 is 15.1 Å². The van der Waals surface area contributed by atoms with E-state index in [0.29, 0.717) is 12.1 Å². The normalized spacial score (nSPS) is 14.1. The lowest BCUT2D eigenvalue weighted by molar-refractivity contribution is 0.0950. The van der Waals surface area contributed by atoms with Crippen molar-refractivity contribution in [2.45, 2.75) is 20.4 Å². The van der Waals surface area contributed by atoms with E-state index in [9.17, 15) is 4.79 Å². The zero-order valence-corrected chi connectivity index (χ0v) is 16.0. The van der Waals surface area contributed by atoms with Crippen molar-refractivity contribution in [3.8, 4) is 0 Å². The van der Waals surface area contributed by atoms with E-state index in [0.717, 1.165) is 56.6 Å². The Bertz CT molecular complexity index is 740. The Hall–Kier alpha value is -2.67. The van der Waals surface area contributed by atoms with Crippen LogP contribution in [0.4, 0.5) is 11.6 Å². The number of rotatable bonds is 7. The molecule has 2 aromatic heterocycles. The number of carbonyl (C=O) groups is 1. The number of anilines is 2. The van der Waals surface area contributed by atoms with Crippen molar-refractivity contribution in [3.63, 3.8) is 0 Å². The molecule has 1 fully saturated rings. The SMILES string of the molecule is CCN(CC)c1ccc(C(=O)NCc2ccnc(N3CCOCC3)c2)cn1. The molecule has 1 amide bonds. The molecule has 0 unspecified atom stereocenters. The summed E-state index contributed by atoms with van der Waals surface area (Å²) in [6.07, 6.45) is 3.42. The van der Waals surface area contributed by atoms with Crippen LogP contribution in [0.3, 0.4) is 0 Å². The standard InChI is InChI=1S/C20H27N5O2/c1-3-24(4-2)18-6-5-17(15-22-18)20(26)23-14-16-7-8-21-19(13-16)25-9-11-27-12-10-25/h5-8,13,15H,3-4,9-12,14H2,1-2H3,(H,23,26). The topological polar surface area (TPSA) is 70.6 Å². The van der Waals surface area contributed by atoms with Gasteiger partial charge in [0.05, 0.1) is 18.8 Å². The van der Waals surface area contributed by atoms with Crippen LogP contribution in [-0.4, -0.2) is 55.3 Å². The van der Waals surface area contributed by atoms with Crippen molar-refractivity contribution < 1.29 is 9.53 Å². The molecule has 144 valence electrons. The molecule has 3 heterocycles. The average Bonchev–Trinajstić information content (AvgIpc) is 2.74. The number of morpholine rings is 1. The van der Waals surface area contributed by atoms with E-state index in [2.05, 4.69) is 38.9 Å².